The van der Waals surface area contributed by atoms with Gasteiger partial charge in [-0.2, -0.15) is 0 Å². The van der Waals surface area contributed by atoms with Gasteiger partial charge >= 0.3 is 0 Å². The molecule has 0 aliphatic carbocycles. The second-order valence-corrected chi connectivity index (χ2v) is 30.6. The fourth-order valence-corrected chi connectivity index (χ4v) is 18.2. The Morgan fingerprint density at radius 1 is 0.150 bits per heavy atom. The zero-order valence-corrected chi connectivity index (χ0v) is 65.0. The third kappa shape index (κ3) is 11.8. The summed E-state index contributed by atoms with van der Waals surface area (Å²) in [6.45, 7) is 0. The Labute approximate surface area is 691 Å². The fraction of sp³-hybridized carbons (Fsp3) is 0. The van der Waals surface area contributed by atoms with Gasteiger partial charge in [0.05, 0.1) is 66.9 Å². The molecule has 24 rings (SSSR count). The summed E-state index contributed by atoms with van der Waals surface area (Å²) in [5.41, 5.74) is 26.4. The van der Waals surface area contributed by atoms with Gasteiger partial charge in [0.2, 0.25) is 0 Å². The lowest BCUT2D eigenvalue weighted by Crippen LogP contribution is -2.00. The maximum atomic E-state index is 5.22. The highest BCUT2D eigenvalue weighted by Gasteiger charge is 2.25. The standard InChI is InChI=1S/C56H36N4.C55H35N5/c1-4-15-37(16-5-1)38-27-29-40(30-28-38)48-36-47(39-17-6-2-7-18-39)57-56(58-48)42-31-32-44-41(35-42)19-14-26-49(44)60-51-25-13-11-23-46(51)55-53(60)34-33-52-54(55)45-22-10-12-24-50(45)59(52)43-20-8-3-9-21-43;1-4-15-36(16-5-1)37-27-29-39(30-28-37)54-56-53(38-17-6-2-7-18-38)57-55(58-54)41-31-32-43-40(35-41)19-14-26-46(43)60-48-25-13-11-23-45(48)52-50(60)34-33-49-51(52)44-22-10-12-24-47(44)59(49)42-20-8-3-9-21-42/h1-36H;1-35H. The van der Waals surface area contributed by atoms with Crippen LogP contribution in [0.5, 0.6) is 0 Å². The van der Waals surface area contributed by atoms with Gasteiger partial charge in [-0.3, -0.25) is 0 Å². The molecule has 560 valence electrons. The molecule has 0 aliphatic rings. The third-order valence-electron chi connectivity index (χ3n) is 23.7. The van der Waals surface area contributed by atoms with Crippen molar-refractivity contribution in [2.45, 2.75) is 0 Å². The molecular weight excluding hydrogens is 1460 g/mol. The summed E-state index contributed by atoms with van der Waals surface area (Å²) in [5, 5.41) is 14.5. The zero-order chi connectivity index (χ0) is 79.1. The minimum Gasteiger partial charge on any atom is -0.309 e. The summed E-state index contributed by atoms with van der Waals surface area (Å²) >= 11 is 0. The second-order valence-electron chi connectivity index (χ2n) is 30.6. The normalized spacial score (nSPS) is 11.7. The molecule has 0 amide bonds. The largest absolute Gasteiger partial charge is 0.309 e. The molecule has 6 heterocycles. The van der Waals surface area contributed by atoms with Crippen molar-refractivity contribution in [1.82, 2.24) is 43.2 Å². The first-order chi connectivity index (χ1) is 59.5. The van der Waals surface area contributed by atoms with E-state index in [0.717, 1.165) is 94.6 Å². The van der Waals surface area contributed by atoms with E-state index in [-0.39, 0.29) is 0 Å². The molecule has 0 unspecified atom stereocenters. The van der Waals surface area contributed by atoms with Crippen molar-refractivity contribution in [2.75, 3.05) is 0 Å². The number of hydrogen-bond acceptors (Lipinski definition) is 5. The van der Waals surface area contributed by atoms with Crippen LogP contribution in [-0.2, 0) is 0 Å². The van der Waals surface area contributed by atoms with E-state index in [1.54, 1.807) is 0 Å². The molecule has 0 aliphatic heterocycles. The Kier molecular flexibility index (Phi) is 16.7. The Bertz CT molecular complexity index is 7620. The lowest BCUT2D eigenvalue weighted by Gasteiger charge is -2.14. The summed E-state index contributed by atoms with van der Waals surface area (Å²) in [6.07, 6.45) is 0. The third-order valence-corrected chi connectivity index (χ3v) is 23.7. The molecule has 0 saturated heterocycles. The van der Waals surface area contributed by atoms with Gasteiger partial charge in [0.25, 0.3) is 0 Å². The topological polar surface area (TPSA) is 84.2 Å². The first kappa shape index (κ1) is 69.3. The lowest BCUT2D eigenvalue weighted by molar-refractivity contribution is 1.07. The molecule has 120 heavy (non-hydrogen) atoms. The smallest absolute Gasteiger partial charge is 0.164 e. The minimum absolute atomic E-state index is 0.632. The summed E-state index contributed by atoms with van der Waals surface area (Å²) in [4.78, 5) is 25.6. The highest BCUT2D eigenvalue weighted by atomic mass is 15.0. The lowest BCUT2D eigenvalue weighted by atomic mass is 10.0. The highest BCUT2D eigenvalue weighted by molar-refractivity contribution is 6.31. The van der Waals surface area contributed by atoms with Crippen LogP contribution in [0.1, 0.15) is 0 Å². The zero-order valence-electron chi connectivity index (χ0n) is 65.0. The van der Waals surface area contributed by atoms with Gasteiger partial charge in [-0.15, -0.1) is 0 Å². The van der Waals surface area contributed by atoms with E-state index in [9.17, 15) is 0 Å². The van der Waals surface area contributed by atoms with Crippen LogP contribution >= 0.6 is 0 Å². The van der Waals surface area contributed by atoms with Crippen LogP contribution < -0.4 is 0 Å². The quantitative estimate of drug-likeness (QED) is 0.122. The summed E-state index contributed by atoms with van der Waals surface area (Å²) in [6, 6.07) is 153. The van der Waals surface area contributed by atoms with E-state index in [1.807, 2.05) is 48.5 Å². The van der Waals surface area contributed by atoms with Crippen molar-refractivity contribution >= 4 is 109 Å². The van der Waals surface area contributed by atoms with Crippen LogP contribution in [0, 0.1) is 0 Å². The average molecular weight is 1530 g/mol. The first-order valence-electron chi connectivity index (χ1n) is 40.7. The Morgan fingerprint density at radius 3 is 0.808 bits per heavy atom. The Morgan fingerprint density at radius 2 is 0.417 bits per heavy atom. The van der Waals surface area contributed by atoms with Crippen molar-refractivity contribution in [3.8, 4) is 113 Å². The van der Waals surface area contributed by atoms with Gasteiger partial charge in [0.1, 0.15) is 0 Å². The van der Waals surface area contributed by atoms with Crippen LogP contribution in [-0.4, -0.2) is 43.2 Å². The van der Waals surface area contributed by atoms with Gasteiger partial charge in [0, 0.05) is 98.6 Å². The predicted octanol–water partition coefficient (Wildman–Crippen LogP) is 28.4. The summed E-state index contributed by atoms with van der Waals surface area (Å²) < 4.78 is 9.68. The van der Waals surface area contributed by atoms with Gasteiger partial charge in [-0.05, 0) is 136 Å². The van der Waals surface area contributed by atoms with Crippen LogP contribution in [0.4, 0.5) is 0 Å². The van der Waals surface area contributed by atoms with Crippen molar-refractivity contribution < 1.29 is 0 Å². The SMILES string of the molecule is c1ccc(-c2ccc(-c3cc(-c4ccccc4)nc(-c4ccc5c(-n6c7ccccc7c7c8c9ccccc9n(-c9ccccc9)c8ccc76)cccc5c4)n3)cc2)cc1.c1ccc(-c2ccc(-c3nc(-c4ccccc4)nc(-c4ccc5c(-n6c7ccccc7c7c8c9ccccc9n(-c9ccccc9)c8ccc76)cccc5c4)n3)cc2)cc1. The van der Waals surface area contributed by atoms with E-state index >= 15 is 0 Å². The molecule has 0 bridgehead atoms. The molecule has 0 atom stereocenters. The van der Waals surface area contributed by atoms with Crippen LogP contribution in [0.15, 0.2) is 431 Å². The maximum Gasteiger partial charge on any atom is 0.164 e. The molecular formula is C111H71N9. The van der Waals surface area contributed by atoms with E-state index in [0.29, 0.717) is 23.3 Å². The number of rotatable bonds is 12. The van der Waals surface area contributed by atoms with E-state index in [4.69, 9.17) is 24.9 Å². The summed E-state index contributed by atoms with van der Waals surface area (Å²) in [7, 11) is 0. The van der Waals surface area contributed by atoms with E-state index in [2.05, 4.69) is 400 Å². The first-order valence-corrected chi connectivity index (χ1v) is 40.7. The molecule has 18 aromatic carbocycles. The van der Waals surface area contributed by atoms with Crippen molar-refractivity contribution in [3.05, 3.63) is 431 Å². The molecule has 0 fully saturated rings. The van der Waals surface area contributed by atoms with Gasteiger partial charge < -0.3 is 18.3 Å². The minimum atomic E-state index is 0.632. The van der Waals surface area contributed by atoms with Crippen molar-refractivity contribution in [2.24, 2.45) is 0 Å². The molecule has 0 spiro atoms. The maximum absolute atomic E-state index is 5.22. The molecule has 6 aromatic heterocycles. The predicted molar refractivity (Wildman–Crippen MR) is 498 cm³/mol. The number of para-hydroxylation sites is 6. The molecule has 0 N–H and O–H groups in total. The average Bonchev–Trinajstić information content (AvgIpc) is 1.55. The second kappa shape index (κ2) is 28.9. The monoisotopic (exact) mass is 1530 g/mol. The Hall–Kier alpha value is -16.2. The summed E-state index contributed by atoms with van der Waals surface area (Å²) in [5.74, 6) is 2.60. The molecule has 9 heteroatoms. The van der Waals surface area contributed by atoms with E-state index in [1.165, 1.54) is 104 Å². The number of aromatic nitrogens is 9. The van der Waals surface area contributed by atoms with Crippen LogP contribution in [0.25, 0.3) is 222 Å². The molecule has 9 nitrogen and oxygen atoms in total. The highest BCUT2D eigenvalue weighted by Crippen LogP contribution is 2.47. The number of hydrogen-bond donors (Lipinski definition) is 0. The fourth-order valence-electron chi connectivity index (χ4n) is 18.2. The molecule has 24 aromatic rings. The van der Waals surface area contributed by atoms with Gasteiger partial charge in [-0.1, -0.05) is 328 Å². The Balaban J connectivity index is 0.000000140. The van der Waals surface area contributed by atoms with Crippen LogP contribution in [0.3, 0.4) is 0 Å². The molecule has 0 saturated carbocycles. The molecule has 0 radical (unpaired) electrons. The van der Waals surface area contributed by atoms with E-state index < -0.39 is 0 Å². The number of fused-ring (bicyclic) bond motifs is 16. The van der Waals surface area contributed by atoms with Gasteiger partial charge in [-0.25, -0.2) is 24.9 Å². The van der Waals surface area contributed by atoms with Crippen molar-refractivity contribution in [1.29, 1.82) is 0 Å². The van der Waals surface area contributed by atoms with Gasteiger partial charge in [0.15, 0.2) is 23.3 Å². The number of benzene rings is 18. The van der Waals surface area contributed by atoms with Crippen molar-refractivity contribution in [3.63, 3.8) is 0 Å². The van der Waals surface area contributed by atoms with Crippen LogP contribution in [0.2, 0.25) is 0 Å². The number of nitrogens with zero attached hydrogens (tertiary/aromatic N) is 9.